The van der Waals surface area contributed by atoms with Crippen LogP contribution in [0.4, 0.5) is 18.9 Å². The summed E-state index contributed by atoms with van der Waals surface area (Å²) < 4.78 is 61.5. The number of anilines is 1. The van der Waals surface area contributed by atoms with Crippen molar-refractivity contribution in [3.63, 3.8) is 0 Å². The summed E-state index contributed by atoms with van der Waals surface area (Å²) in [5.41, 5.74) is 0.571. The van der Waals surface area contributed by atoms with Crippen LogP contribution in [0.1, 0.15) is 51.1 Å². The van der Waals surface area contributed by atoms with Crippen LogP contribution in [0.3, 0.4) is 0 Å². The second-order valence-corrected chi connectivity index (χ2v) is 11.1. The normalized spacial score (nSPS) is 20.7. The van der Waals surface area contributed by atoms with Crippen molar-refractivity contribution in [2.45, 2.75) is 50.2 Å². The molecule has 10 nitrogen and oxygen atoms in total. The fourth-order valence-corrected chi connectivity index (χ4v) is 5.65. The standard InChI is InChI=1S/C32H30F3N3O7/c1-38-24-9-8-22(14-29(39)36-15-18-2-10-26-27(12-18)44-17-43-26)45-28(24)16-42-25-11-7-21(13-23(25)31(38)41)37-30(40)19-3-5-20(6-4-19)32(33,34)35/h2-7,10-13,22,24,28H,8-9,14-17H2,1H3,(H,36,39)(H,37,40)/t22-,24+,28-/m0/s1. The van der Waals surface area contributed by atoms with Gasteiger partial charge >= 0.3 is 6.18 Å². The zero-order chi connectivity index (χ0) is 31.7. The predicted molar refractivity (Wildman–Crippen MR) is 154 cm³/mol. The van der Waals surface area contributed by atoms with E-state index in [2.05, 4.69) is 10.6 Å². The predicted octanol–water partition coefficient (Wildman–Crippen LogP) is 4.77. The van der Waals surface area contributed by atoms with Gasteiger partial charge in [-0.2, -0.15) is 13.2 Å². The number of ether oxygens (including phenoxy) is 4. The molecule has 0 saturated carbocycles. The first-order chi connectivity index (χ1) is 21.5. The van der Waals surface area contributed by atoms with Crippen molar-refractivity contribution in [3.05, 3.63) is 82.9 Å². The average Bonchev–Trinajstić information content (AvgIpc) is 3.50. The van der Waals surface area contributed by atoms with Gasteiger partial charge in [0.2, 0.25) is 12.7 Å². The quantitative estimate of drug-likeness (QED) is 0.406. The van der Waals surface area contributed by atoms with Crippen molar-refractivity contribution in [2.75, 3.05) is 25.8 Å². The summed E-state index contributed by atoms with van der Waals surface area (Å²) in [5.74, 6) is 0.490. The number of benzene rings is 3. The second kappa shape index (κ2) is 12.3. The summed E-state index contributed by atoms with van der Waals surface area (Å²) in [6.45, 7) is 0.649. The largest absolute Gasteiger partial charge is 0.490 e. The Morgan fingerprint density at radius 2 is 1.69 bits per heavy atom. The van der Waals surface area contributed by atoms with Gasteiger partial charge in [-0.3, -0.25) is 14.4 Å². The van der Waals surface area contributed by atoms with Crippen LogP contribution in [-0.2, 0) is 22.3 Å². The number of amides is 3. The third-order valence-corrected chi connectivity index (χ3v) is 8.08. The van der Waals surface area contributed by atoms with E-state index < -0.39 is 23.8 Å². The van der Waals surface area contributed by atoms with E-state index in [0.717, 1.165) is 29.8 Å². The molecule has 3 aliphatic rings. The number of alkyl halides is 3. The lowest BCUT2D eigenvalue weighted by molar-refractivity contribution is -0.137. The molecule has 3 aliphatic heterocycles. The highest BCUT2D eigenvalue weighted by molar-refractivity contribution is 6.05. The Morgan fingerprint density at radius 1 is 0.933 bits per heavy atom. The van der Waals surface area contributed by atoms with E-state index in [1.165, 1.54) is 6.07 Å². The molecule has 0 bridgehead atoms. The minimum atomic E-state index is -4.51. The Balaban J connectivity index is 1.06. The lowest BCUT2D eigenvalue weighted by atomic mass is 9.94. The van der Waals surface area contributed by atoms with Crippen LogP contribution in [0.5, 0.6) is 17.2 Å². The van der Waals surface area contributed by atoms with Crippen molar-refractivity contribution in [2.24, 2.45) is 0 Å². The monoisotopic (exact) mass is 625 g/mol. The van der Waals surface area contributed by atoms with E-state index in [1.807, 2.05) is 12.1 Å². The second-order valence-electron chi connectivity index (χ2n) is 11.1. The summed E-state index contributed by atoms with van der Waals surface area (Å²) in [6, 6.07) is 13.6. The molecule has 6 rings (SSSR count). The molecule has 45 heavy (non-hydrogen) atoms. The van der Waals surface area contributed by atoms with Gasteiger partial charge < -0.3 is 34.5 Å². The van der Waals surface area contributed by atoms with E-state index in [4.69, 9.17) is 18.9 Å². The maximum absolute atomic E-state index is 13.5. The molecule has 0 unspecified atom stereocenters. The molecule has 3 aromatic rings. The van der Waals surface area contributed by atoms with Crippen molar-refractivity contribution < 1.29 is 46.5 Å². The summed E-state index contributed by atoms with van der Waals surface area (Å²) >= 11 is 0. The van der Waals surface area contributed by atoms with Gasteiger partial charge in [-0.15, -0.1) is 0 Å². The van der Waals surface area contributed by atoms with Crippen LogP contribution in [0.2, 0.25) is 0 Å². The Hall–Kier alpha value is -4.78. The highest BCUT2D eigenvalue weighted by Crippen LogP contribution is 2.34. The molecule has 2 N–H and O–H groups in total. The Morgan fingerprint density at radius 3 is 2.47 bits per heavy atom. The van der Waals surface area contributed by atoms with Crippen molar-refractivity contribution >= 4 is 23.4 Å². The van der Waals surface area contributed by atoms with Gasteiger partial charge in [0.1, 0.15) is 18.5 Å². The van der Waals surface area contributed by atoms with Crippen LogP contribution in [-0.4, -0.2) is 61.3 Å². The third kappa shape index (κ3) is 6.68. The SMILES string of the molecule is CN1C(=O)c2cc(NC(=O)c3ccc(C(F)(F)F)cc3)ccc2OC[C@@H]2O[C@H](CC(=O)NCc3ccc4c(c3)OCO4)CC[C@H]21. The van der Waals surface area contributed by atoms with Crippen LogP contribution >= 0.6 is 0 Å². The fraction of sp³-hybridized carbons (Fsp3) is 0.344. The lowest BCUT2D eigenvalue weighted by Gasteiger charge is -2.42. The van der Waals surface area contributed by atoms with E-state index in [-0.39, 0.29) is 60.6 Å². The molecule has 3 amide bonds. The molecule has 0 radical (unpaired) electrons. The van der Waals surface area contributed by atoms with Crippen molar-refractivity contribution in [1.29, 1.82) is 0 Å². The van der Waals surface area contributed by atoms with E-state index in [0.29, 0.717) is 36.6 Å². The Kier molecular flexibility index (Phi) is 8.28. The molecule has 13 heteroatoms. The number of nitrogens with zero attached hydrogens (tertiary/aromatic N) is 1. The van der Waals surface area contributed by atoms with Crippen LogP contribution in [0.25, 0.3) is 0 Å². The average molecular weight is 626 g/mol. The topological polar surface area (TPSA) is 115 Å². The van der Waals surface area contributed by atoms with E-state index in [1.54, 1.807) is 30.1 Å². The van der Waals surface area contributed by atoms with Crippen LogP contribution in [0.15, 0.2) is 60.7 Å². The number of hydrogen-bond acceptors (Lipinski definition) is 7. The number of carbonyl (C=O) groups is 3. The lowest BCUT2D eigenvalue weighted by Crippen LogP contribution is -2.53. The zero-order valence-electron chi connectivity index (χ0n) is 24.2. The fourth-order valence-electron chi connectivity index (χ4n) is 5.65. The maximum atomic E-state index is 13.5. The molecule has 0 aromatic heterocycles. The van der Waals surface area contributed by atoms with Gasteiger partial charge in [0, 0.05) is 24.8 Å². The summed E-state index contributed by atoms with van der Waals surface area (Å²) in [7, 11) is 1.67. The molecular weight excluding hydrogens is 595 g/mol. The van der Waals surface area contributed by atoms with Crippen LogP contribution < -0.4 is 24.8 Å². The molecule has 3 aromatic carbocycles. The number of nitrogens with one attached hydrogen (secondary N) is 2. The highest BCUT2D eigenvalue weighted by Gasteiger charge is 2.39. The minimum absolute atomic E-state index is 0.0350. The molecule has 1 fully saturated rings. The molecule has 236 valence electrons. The zero-order valence-corrected chi connectivity index (χ0v) is 24.2. The third-order valence-electron chi connectivity index (χ3n) is 8.08. The number of hydrogen-bond donors (Lipinski definition) is 2. The maximum Gasteiger partial charge on any atom is 0.416 e. The molecule has 3 heterocycles. The summed E-state index contributed by atoms with van der Waals surface area (Å²) in [5, 5.41) is 5.54. The molecule has 0 aliphatic carbocycles. The highest BCUT2D eigenvalue weighted by atomic mass is 19.4. The van der Waals surface area contributed by atoms with Gasteiger partial charge in [0.25, 0.3) is 11.8 Å². The van der Waals surface area contributed by atoms with Gasteiger partial charge in [-0.25, -0.2) is 0 Å². The molecule has 3 atom stereocenters. The Labute approximate surface area is 256 Å². The first-order valence-corrected chi connectivity index (χ1v) is 14.4. The first kappa shape index (κ1) is 30.3. The van der Waals surface area contributed by atoms with E-state index >= 15 is 0 Å². The van der Waals surface area contributed by atoms with Gasteiger partial charge in [0.05, 0.1) is 29.7 Å². The summed E-state index contributed by atoms with van der Waals surface area (Å²) in [6.07, 6.45) is -4.01. The molecular formula is C32H30F3N3O7. The number of rotatable bonds is 6. The smallest absolute Gasteiger partial charge is 0.416 e. The number of fused-ring (bicyclic) bond motifs is 3. The minimum Gasteiger partial charge on any atom is -0.490 e. The van der Waals surface area contributed by atoms with E-state index in [9.17, 15) is 27.6 Å². The summed E-state index contributed by atoms with van der Waals surface area (Å²) in [4.78, 5) is 40.5. The van der Waals surface area contributed by atoms with Crippen molar-refractivity contribution in [1.82, 2.24) is 10.2 Å². The molecule has 0 spiro atoms. The van der Waals surface area contributed by atoms with Crippen LogP contribution in [0, 0.1) is 0 Å². The number of likely N-dealkylation sites (N-methyl/N-ethyl adjacent to an activating group) is 1. The number of halogens is 3. The Bertz CT molecular complexity index is 1610. The van der Waals surface area contributed by atoms with Gasteiger partial charge in [-0.05, 0) is 73.0 Å². The van der Waals surface area contributed by atoms with Gasteiger partial charge in [-0.1, -0.05) is 6.07 Å². The molecule has 1 saturated heterocycles. The first-order valence-electron chi connectivity index (χ1n) is 14.4. The number of carbonyl (C=O) groups excluding carboxylic acids is 3. The van der Waals surface area contributed by atoms with Crippen molar-refractivity contribution in [3.8, 4) is 17.2 Å². The van der Waals surface area contributed by atoms with Gasteiger partial charge in [0.15, 0.2) is 11.5 Å².